The van der Waals surface area contributed by atoms with Crippen LogP contribution in [-0.2, 0) is 14.3 Å². The molecule has 3 unspecified atom stereocenters. The van der Waals surface area contributed by atoms with Crippen molar-refractivity contribution in [3.8, 4) is 0 Å². The third-order valence-corrected chi connectivity index (χ3v) is 13.0. The Hall–Kier alpha value is -1.32. The summed E-state index contributed by atoms with van der Waals surface area (Å²) in [6.07, 6.45) is 12.5. The summed E-state index contributed by atoms with van der Waals surface area (Å²) in [5, 5.41) is 10.6. The summed E-state index contributed by atoms with van der Waals surface area (Å²) in [5.41, 5.74) is 1.48. The van der Waals surface area contributed by atoms with E-state index in [1.165, 1.54) is 18.4 Å². The summed E-state index contributed by atoms with van der Waals surface area (Å²) in [4.78, 5) is 24.8. The zero-order valence-electron chi connectivity index (χ0n) is 24.1. The highest BCUT2D eigenvalue weighted by Gasteiger charge is 2.69. The Morgan fingerprint density at radius 1 is 0.889 bits per heavy atom. The average Bonchev–Trinajstić information content (AvgIpc) is 2.72. The number of ether oxygens (including phenoxy) is 1. The first-order valence-corrected chi connectivity index (χ1v) is 14.6. The summed E-state index contributed by atoms with van der Waals surface area (Å²) in [7, 11) is 0. The molecule has 5 aliphatic carbocycles. The van der Waals surface area contributed by atoms with E-state index in [-0.39, 0.29) is 45.1 Å². The Bertz CT molecular complexity index is 992. The second-order valence-corrected chi connectivity index (χ2v) is 15.8. The third-order valence-electron chi connectivity index (χ3n) is 13.0. The number of hydrogen-bond donors (Lipinski definition) is 1. The molecule has 4 heteroatoms. The number of carboxylic acid groups (broad SMARTS) is 1. The predicted octanol–water partition coefficient (Wildman–Crippen LogP) is 7.80. The zero-order chi connectivity index (χ0) is 26.5. The Morgan fingerprint density at radius 2 is 1.56 bits per heavy atom. The number of allylic oxidation sites excluding steroid dienone is 2. The van der Waals surface area contributed by atoms with Gasteiger partial charge in [-0.25, -0.2) is 0 Å². The molecule has 0 bridgehead atoms. The van der Waals surface area contributed by atoms with Crippen LogP contribution < -0.4 is 0 Å². The van der Waals surface area contributed by atoms with Crippen molar-refractivity contribution in [3.63, 3.8) is 0 Å². The molecular formula is C32H50O4. The zero-order valence-corrected chi connectivity index (χ0v) is 24.1. The fourth-order valence-electron chi connectivity index (χ4n) is 11.2. The second-order valence-electron chi connectivity index (χ2n) is 15.8. The van der Waals surface area contributed by atoms with Gasteiger partial charge in [0.1, 0.15) is 6.10 Å². The minimum Gasteiger partial charge on any atom is -0.481 e. The average molecular weight is 499 g/mol. The highest BCUT2D eigenvalue weighted by Crippen LogP contribution is 2.75. The Labute approximate surface area is 219 Å². The number of carboxylic acids is 1. The minimum atomic E-state index is -0.585. The lowest BCUT2D eigenvalue weighted by Crippen LogP contribution is -2.64. The first kappa shape index (κ1) is 26.3. The molecule has 36 heavy (non-hydrogen) atoms. The fraction of sp³-hybridized carbons (Fsp3) is 0.875. The lowest BCUT2D eigenvalue weighted by molar-refractivity contribution is -0.206. The number of carbonyl (C=O) groups excluding carboxylic acids is 1. The van der Waals surface area contributed by atoms with Gasteiger partial charge in [0, 0.05) is 6.92 Å². The molecule has 4 saturated carbocycles. The summed E-state index contributed by atoms with van der Waals surface area (Å²) in [5.74, 6) is 0.559. The maximum atomic E-state index is 12.8. The molecule has 0 spiro atoms. The van der Waals surface area contributed by atoms with Gasteiger partial charge < -0.3 is 9.84 Å². The van der Waals surface area contributed by atoms with E-state index in [9.17, 15) is 14.7 Å². The topological polar surface area (TPSA) is 63.6 Å². The van der Waals surface area contributed by atoms with Crippen LogP contribution in [0.1, 0.15) is 120 Å². The Kier molecular flexibility index (Phi) is 5.74. The van der Waals surface area contributed by atoms with Crippen LogP contribution in [0.3, 0.4) is 0 Å². The molecule has 4 nitrogen and oxygen atoms in total. The highest BCUT2D eigenvalue weighted by atomic mass is 16.5. The maximum absolute atomic E-state index is 12.8. The summed E-state index contributed by atoms with van der Waals surface area (Å²) < 4.78 is 5.90. The molecule has 0 amide bonds. The smallest absolute Gasteiger partial charge is 0.310 e. The lowest BCUT2D eigenvalue weighted by Gasteiger charge is -2.71. The summed E-state index contributed by atoms with van der Waals surface area (Å²) in [6, 6.07) is 0. The molecule has 1 N–H and O–H groups in total. The Balaban J connectivity index is 1.58. The van der Waals surface area contributed by atoms with Crippen molar-refractivity contribution in [2.75, 3.05) is 0 Å². The van der Waals surface area contributed by atoms with E-state index in [1.54, 1.807) is 6.92 Å². The molecule has 5 aliphatic rings. The van der Waals surface area contributed by atoms with Gasteiger partial charge in [-0.05, 0) is 109 Å². The van der Waals surface area contributed by atoms with Gasteiger partial charge in [-0.2, -0.15) is 0 Å². The maximum Gasteiger partial charge on any atom is 0.310 e. The molecule has 0 heterocycles. The Morgan fingerprint density at radius 3 is 2.19 bits per heavy atom. The molecular weight excluding hydrogens is 448 g/mol. The van der Waals surface area contributed by atoms with E-state index in [1.807, 2.05) is 0 Å². The van der Waals surface area contributed by atoms with Crippen molar-refractivity contribution in [2.24, 2.45) is 50.2 Å². The monoisotopic (exact) mass is 498 g/mol. The van der Waals surface area contributed by atoms with Crippen LogP contribution in [0.2, 0.25) is 0 Å². The first-order chi connectivity index (χ1) is 16.5. The van der Waals surface area contributed by atoms with Crippen LogP contribution in [0.5, 0.6) is 0 Å². The van der Waals surface area contributed by atoms with E-state index in [2.05, 4.69) is 54.5 Å². The largest absolute Gasteiger partial charge is 0.481 e. The van der Waals surface area contributed by atoms with E-state index < -0.39 is 11.4 Å². The van der Waals surface area contributed by atoms with E-state index >= 15 is 0 Å². The van der Waals surface area contributed by atoms with Gasteiger partial charge in [-0.15, -0.1) is 0 Å². The molecule has 5 rings (SSSR count). The van der Waals surface area contributed by atoms with Gasteiger partial charge in [0.2, 0.25) is 0 Å². The lowest BCUT2D eigenvalue weighted by atomic mass is 9.33. The molecule has 4 fully saturated rings. The van der Waals surface area contributed by atoms with E-state index in [4.69, 9.17) is 4.74 Å². The molecule has 0 radical (unpaired) electrons. The van der Waals surface area contributed by atoms with Gasteiger partial charge in [0.15, 0.2) is 0 Å². The normalized spacial score (nSPS) is 48.8. The minimum absolute atomic E-state index is 0.00978. The van der Waals surface area contributed by atoms with Crippen molar-refractivity contribution in [1.29, 1.82) is 0 Å². The van der Waals surface area contributed by atoms with Crippen LogP contribution in [0.4, 0.5) is 0 Å². The van der Waals surface area contributed by atoms with Crippen molar-refractivity contribution < 1.29 is 19.4 Å². The quantitative estimate of drug-likeness (QED) is 0.311. The molecule has 8 atom stereocenters. The van der Waals surface area contributed by atoms with Crippen LogP contribution in [0, 0.1) is 50.2 Å². The van der Waals surface area contributed by atoms with E-state index in [0.29, 0.717) is 11.8 Å². The number of rotatable bonds is 2. The van der Waals surface area contributed by atoms with Crippen molar-refractivity contribution >= 4 is 11.9 Å². The highest BCUT2D eigenvalue weighted by molar-refractivity contribution is 5.76. The molecule has 0 aromatic heterocycles. The fourth-order valence-corrected chi connectivity index (χ4v) is 11.2. The molecule has 0 aliphatic heterocycles. The van der Waals surface area contributed by atoms with Crippen LogP contribution >= 0.6 is 0 Å². The van der Waals surface area contributed by atoms with Gasteiger partial charge in [-0.3, -0.25) is 9.59 Å². The number of carbonyl (C=O) groups is 2. The van der Waals surface area contributed by atoms with Crippen LogP contribution in [0.15, 0.2) is 11.6 Å². The number of hydrogen-bond acceptors (Lipinski definition) is 3. The molecule has 0 saturated heterocycles. The van der Waals surface area contributed by atoms with Crippen molar-refractivity contribution in [1.82, 2.24) is 0 Å². The van der Waals surface area contributed by atoms with Gasteiger partial charge in [0.25, 0.3) is 0 Å². The number of aliphatic carboxylic acids is 1. The number of esters is 1. The van der Waals surface area contributed by atoms with Crippen LogP contribution in [0.25, 0.3) is 0 Å². The van der Waals surface area contributed by atoms with Gasteiger partial charge >= 0.3 is 11.9 Å². The number of fused-ring (bicyclic) bond motifs is 7. The van der Waals surface area contributed by atoms with Gasteiger partial charge in [0.05, 0.1) is 5.41 Å². The van der Waals surface area contributed by atoms with Crippen molar-refractivity contribution in [3.05, 3.63) is 11.6 Å². The molecule has 0 aromatic carbocycles. The van der Waals surface area contributed by atoms with Gasteiger partial charge in [-0.1, -0.05) is 60.1 Å². The summed E-state index contributed by atoms with van der Waals surface area (Å²) in [6.45, 7) is 18.6. The standard InChI is InChI=1S/C32H50O4/c1-20(33)36-21-17-28(4,5)24-11-12-31(8)25(29(24,6)18-21)10-9-22-23-19-27(2,3)13-15-32(23,26(34)35)16-14-30(22,31)7/h9,21,23-25H,10-19H2,1-8H3,(H,34,35)/t21-,23?,24?,25?,29+,30-,31-,32+/m1/s1. The third kappa shape index (κ3) is 3.44. The second kappa shape index (κ2) is 7.85. The van der Waals surface area contributed by atoms with E-state index in [0.717, 1.165) is 51.4 Å². The van der Waals surface area contributed by atoms with Crippen molar-refractivity contribution in [2.45, 2.75) is 126 Å². The predicted molar refractivity (Wildman–Crippen MR) is 142 cm³/mol. The SMILES string of the molecule is CC(=O)O[C@@H]1CC(C)(C)C2CC[C@]3(C)C(CC=C4C5CC(C)(C)CC[C@]5(C(=O)O)CC[C@]43C)[C@@]2(C)C1. The summed E-state index contributed by atoms with van der Waals surface area (Å²) >= 11 is 0. The first-order valence-electron chi connectivity index (χ1n) is 14.6. The molecule has 0 aromatic rings. The molecule has 202 valence electrons. The van der Waals surface area contributed by atoms with Crippen LogP contribution in [-0.4, -0.2) is 23.1 Å².